The standard InChI is InChI=1S/C24H40N6O2/c1-26-24(28-22-8-11-29(12-9-22)13-14-32-2)27-16-19-5-3-6-20(15-19)17-30-10-4-7-21(18-30)23(25)31/h3,5-6,15,21-22H,4,7-14,16-18H2,1-2H3,(H2,25,31)(H2,26,27,28). The summed E-state index contributed by atoms with van der Waals surface area (Å²) in [4.78, 5) is 20.8. The Balaban J connectivity index is 1.44. The van der Waals surface area contributed by atoms with E-state index >= 15 is 0 Å². The summed E-state index contributed by atoms with van der Waals surface area (Å²) >= 11 is 0. The molecule has 0 aliphatic carbocycles. The van der Waals surface area contributed by atoms with Crippen LogP contribution in [0, 0.1) is 5.92 Å². The number of carbonyl (C=O) groups is 1. The van der Waals surface area contributed by atoms with Crippen LogP contribution in [0.25, 0.3) is 0 Å². The molecule has 0 radical (unpaired) electrons. The summed E-state index contributed by atoms with van der Waals surface area (Å²) in [5.41, 5.74) is 8.01. The first-order chi connectivity index (χ1) is 15.6. The third-order valence-corrected chi connectivity index (χ3v) is 6.53. The van der Waals surface area contributed by atoms with E-state index in [0.29, 0.717) is 6.04 Å². The molecule has 2 fully saturated rings. The average Bonchev–Trinajstić information content (AvgIpc) is 2.81. The van der Waals surface area contributed by atoms with E-state index in [4.69, 9.17) is 10.5 Å². The lowest BCUT2D eigenvalue weighted by Crippen LogP contribution is -2.48. The summed E-state index contributed by atoms with van der Waals surface area (Å²) < 4.78 is 5.18. The van der Waals surface area contributed by atoms with Crippen molar-refractivity contribution in [1.29, 1.82) is 0 Å². The maximum absolute atomic E-state index is 11.5. The molecule has 32 heavy (non-hydrogen) atoms. The number of carbonyl (C=O) groups excluding carboxylic acids is 1. The number of methoxy groups -OCH3 is 1. The molecular formula is C24H40N6O2. The Morgan fingerprint density at radius 2 is 1.97 bits per heavy atom. The minimum absolute atomic E-state index is 0.0187. The number of likely N-dealkylation sites (tertiary alicyclic amines) is 2. The van der Waals surface area contributed by atoms with Crippen molar-refractivity contribution in [2.24, 2.45) is 16.6 Å². The zero-order valence-corrected chi connectivity index (χ0v) is 19.7. The first-order valence-electron chi connectivity index (χ1n) is 11.9. The molecule has 0 aromatic heterocycles. The normalized spacial score (nSPS) is 21.4. The number of amides is 1. The summed E-state index contributed by atoms with van der Waals surface area (Å²) in [5.74, 6) is 0.660. The number of nitrogens with one attached hydrogen (secondary N) is 2. The van der Waals surface area contributed by atoms with E-state index in [1.807, 2.05) is 7.05 Å². The Morgan fingerprint density at radius 1 is 1.19 bits per heavy atom. The second-order valence-corrected chi connectivity index (χ2v) is 8.98. The lowest BCUT2D eigenvalue weighted by molar-refractivity contribution is -0.123. The van der Waals surface area contributed by atoms with Gasteiger partial charge >= 0.3 is 0 Å². The van der Waals surface area contributed by atoms with Gasteiger partial charge in [0.1, 0.15) is 0 Å². The summed E-state index contributed by atoms with van der Waals surface area (Å²) in [6.45, 7) is 7.35. The first-order valence-corrected chi connectivity index (χ1v) is 11.9. The molecule has 1 aromatic carbocycles. The van der Waals surface area contributed by atoms with Crippen molar-refractivity contribution in [1.82, 2.24) is 20.4 Å². The smallest absolute Gasteiger partial charge is 0.221 e. The number of aliphatic imine (C=N–C) groups is 1. The van der Waals surface area contributed by atoms with Crippen LogP contribution < -0.4 is 16.4 Å². The molecule has 2 saturated heterocycles. The fraction of sp³-hybridized carbons (Fsp3) is 0.667. The summed E-state index contributed by atoms with van der Waals surface area (Å²) in [7, 11) is 3.58. The Morgan fingerprint density at radius 3 is 2.69 bits per heavy atom. The largest absolute Gasteiger partial charge is 0.383 e. The van der Waals surface area contributed by atoms with E-state index < -0.39 is 0 Å². The number of benzene rings is 1. The predicted molar refractivity (Wildman–Crippen MR) is 128 cm³/mol. The fourth-order valence-electron chi connectivity index (χ4n) is 4.62. The molecular weight excluding hydrogens is 404 g/mol. The van der Waals surface area contributed by atoms with Gasteiger partial charge in [0.15, 0.2) is 5.96 Å². The van der Waals surface area contributed by atoms with E-state index in [2.05, 4.69) is 49.7 Å². The van der Waals surface area contributed by atoms with Crippen molar-refractivity contribution in [3.05, 3.63) is 35.4 Å². The van der Waals surface area contributed by atoms with Gasteiger partial charge in [-0.2, -0.15) is 0 Å². The van der Waals surface area contributed by atoms with Gasteiger partial charge in [-0.1, -0.05) is 24.3 Å². The van der Waals surface area contributed by atoms with Crippen molar-refractivity contribution in [2.45, 2.75) is 44.8 Å². The van der Waals surface area contributed by atoms with Gasteiger partial charge in [-0.3, -0.25) is 14.7 Å². The molecule has 0 spiro atoms. The van der Waals surface area contributed by atoms with E-state index in [0.717, 1.165) is 84.1 Å². The van der Waals surface area contributed by atoms with E-state index in [1.54, 1.807) is 7.11 Å². The minimum atomic E-state index is -0.174. The second-order valence-electron chi connectivity index (χ2n) is 8.98. The average molecular weight is 445 g/mol. The number of piperidine rings is 2. The molecule has 3 rings (SSSR count). The molecule has 8 nitrogen and oxygen atoms in total. The van der Waals surface area contributed by atoms with Crippen molar-refractivity contribution in [3.8, 4) is 0 Å². The highest BCUT2D eigenvalue weighted by atomic mass is 16.5. The topological polar surface area (TPSA) is 95.2 Å². The maximum Gasteiger partial charge on any atom is 0.221 e. The molecule has 4 N–H and O–H groups in total. The summed E-state index contributed by atoms with van der Waals surface area (Å²) in [6.07, 6.45) is 4.17. The number of nitrogens with two attached hydrogens (primary N) is 1. The van der Waals surface area contributed by atoms with Crippen LogP contribution in [0.5, 0.6) is 0 Å². The third kappa shape index (κ3) is 7.76. The zero-order chi connectivity index (χ0) is 22.8. The number of ether oxygens (including phenoxy) is 1. The van der Waals surface area contributed by atoms with Crippen molar-refractivity contribution < 1.29 is 9.53 Å². The van der Waals surface area contributed by atoms with Crippen molar-refractivity contribution in [2.75, 3.05) is 53.5 Å². The van der Waals surface area contributed by atoms with Gasteiger partial charge in [0, 0.05) is 59.5 Å². The molecule has 2 heterocycles. The van der Waals surface area contributed by atoms with E-state index in [9.17, 15) is 4.79 Å². The maximum atomic E-state index is 11.5. The highest BCUT2D eigenvalue weighted by molar-refractivity contribution is 5.80. The Bertz CT molecular complexity index is 748. The van der Waals surface area contributed by atoms with Gasteiger partial charge in [-0.05, 0) is 43.4 Å². The number of primary amides is 1. The van der Waals surface area contributed by atoms with Crippen LogP contribution >= 0.6 is 0 Å². The second kappa shape index (κ2) is 12.8. The molecule has 1 atom stereocenters. The van der Waals surface area contributed by atoms with Gasteiger partial charge in [0.05, 0.1) is 12.5 Å². The molecule has 178 valence electrons. The molecule has 2 aliphatic heterocycles. The highest BCUT2D eigenvalue weighted by Gasteiger charge is 2.24. The lowest BCUT2D eigenvalue weighted by Gasteiger charge is -2.32. The van der Waals surface area contributed by atoms with Gasteiger partial charge in [-0.25, -0.2) is 0 Å². The number of rotatable bonds is 9. The third-order valence-electron chi connectivity index (χ3n) is 6.53. The zero-order valence-electron chi connectivity index (χ0n) is 19.7. The molecule has 0 saturated carbocycles. The van der Waals surface area contributed by atoms with Crippen LogP contribution in [0.4, 0.5) is 0 Å². The van der Waals surface area contributed by atoms with Crippen LogP contribution in [0.15, 0.2) is 29.3 Å². The number of hydrogen-bond donors (Lipinski definition) is 3. The SMILES string of the molecule is CN=C(NCc1cccc(CN2CCCC(C(N)=O)C2)c1)NC1CCN(CCOC)CC1. The molecule has 1 aromatic rings. The van der Waals surface area contributed by atoms with Gasteiger partial charge in [-0.15, -0.1) is 0 Å². The van der Waals surface area contributed by atoms with Crippen LogP contribution in [0.3, 0.4) is 0 Å². The van der Waals surface area contributed by atoms with Crippen LogP contribution in [0.2, 0.25) is 0 Å². The van der Waals surface area contributed by atoms with E-state index in [-0.39, 0.29) is 11.8 Å². The Hall–Kier alpha value is -2.16. The van der Waals surface area contributed by atoms with Crippen LogP contribution in [-0.4, -0.2) is 81.2 Å². The van der Waals surface area contributed by atoms with Gasteiger partial charge in [0.2, 0.25) is 5.91 Å². The first kappa shape index (κ1) is 24.5. The molecule has 1 unspecified atom stereocenters. The van der Waals surface area contributed by atoms with Crippen molar-refractivity contribution >= 4 is 11.9 Å². The monoisotopic (exact) mass is 444 g/mol. The summed E-state index contributed by atoms with van der Waals surface area (Å²) in [5, 5.41) is 7.04. The van der Waals surface area contributed by atoms with Crippen LogP contribution in [-0.2, 0) is 22.6 Å². The van der Waals surface area contributed by atoms with E-state index in [1.165, 1.54) is 11.1 Å². The lowest BCUT2D eigenvalue weighted by atomic mass is 9.97. The molecule has 1 amide bonds. The number of guanidine groups is 1. The van der Waals surface area contributed by atoms with Gasteiger partial charge < -0.3 is 26.0 Å². The highest BCUT2D eigenvalue weighted by Crippen LogP contribution is 2.19. The van der Waals surface area contributed by atoms with Gasteiger partial charge in [0.25, 0.3) is 0 Å². The Labute approximate surface area is 192 Å². The quantitative estimate of drug-likeness (QED) is 0.391. The molecule has 0 bridgehead atoms. The molecule has 8 heteroatoms. The minimum Gasteiger partial charge on any atom is -0.383 e. The summed E-state index contributed by atoms with van der Waals surface area (Å²) in [6, 6.07) is 9.09. The Kier molecular flexibility index (Phi) is 9.77. The number of nitrogens with zero attached hydrogens (tertiary/aromatic N) is 3. The number of hydrogen-bond acceptors (Lipinski definition) is 5. The van der Waals surface area contributed by atoms with Crippen molar-refractivity contribution in [3.63, 3.8) is 0 Å². The molecule has 2 aliphatic rings. The van der Waals surface area contributed by atoms with Crippen LogP contribution in [0.1, 0.15) is 36.8 Å². The predicted octanol–water partition coefficient (Wildman–Crippen LogP) is 1.16. The fourth-order valence-corrected chi connectivity index (χ4v) is 4.62.